The lowest BCUT2D eigenvalue weighted by Crippen LogP contribution is -2.16. The zero-order chi connectivity index (χ0) is 14.9. The lowest BCUT2D eigenvalue weighted by atomic mass is 9.98. The zero-order valence-corrected chi connectivity index (χ0v) is 14.3. The van der Waals surface area contributed by atoms with Crippen LogP contribution in [0.4, 0.5) is 0 Å². The van der Waals surface area contributed by atoms with Crippen LogP contribution < -0.4 is 5.32 Å². The van der Waals surface area contributed by atoms with Gasteiger partial charge in [-0.05, 0) is 35.9 Å². The molecule has 0 saturated heterocycles. The van der Waals surface area contributed by atoms with Crippen LogP contribution in [-0.4, -0.2) is 7.05 Å². The van der Waals surface area contributed by atoms with E-state index >= 15 is 0 Å². The third-order valence-electron chi connectivity index (χ3n) is 4.33. The van der Waals surface area contributed by atoms with Gasteiger partial charge in [0, 0.05) is 10.7 Å². The van der Waals surface area contributed by atoms with E-state index in [4.69, 9.17) is 0 Å². The summed E-state index contributed by atoms with van der Waals surface area (Å²) in [6, 6.07) is 9.43. The Balaban J connectivity index is 1.82. The molecule has 21 heavy (non-hydrogen) atoms. The molecule has 116 valence electrons. The van der Waals surface area contributed by atoms with Crippen LogP contribution in [-0.2, 0) is 0 Å². The molecule has 1 unspecified atom stereocenters. The minimum absolute atomic E-state index is 0.503. The Morgan fingerprint density at radius 3 is 2.52 bits per heavy atom. The van der Waals surface area contributed by atoms with Gasteiger partial charge < -0.3 is 5.32 Å². The Morgan fingerprint density at radius 1 is 1.00 bits per heavy atom. The van der Waals surface area contributed by atoms with Crippen molar-refractivity contribution in [3.8, 4) is 0 Å². The molecule has 1 nitrogen and oxygen atoms in total. The van der Waals surface area contributed by atoms with Gasteiger partial charge in [0.2, 0.25) is 0 Å². The third-order valence-corrected chi connectivity index (χ3v) is 5.31. The summed E-state index contributed by atoms with van der Waals surface area (Å²) < 4.78 is 1.46. The van der Waals surface area contributed by atoms with Gasteiger partial charge in [-0.3, -0.25) is 0 Å². The predicted octanol–water partition coefficient (Wildman–Crippen LogP) is 6.30. The molecule has 0 spiro atoms. The molecule has 0 radical (unpaired) electrons. The average molecular weight is 304 g/mol. The van der Waals surface area contributed by atoms with Gasteiger partial charge in [0.05, 0.1) is 0 Å². The van der Waals surface area contributed by atoms with Crippen LogP contribution in [0.15, 0.2) is 29.6 Å². The summed E-state index contributed by atoms with van der Waals surface area (Å²) in [5.41, 5.74) is 1.48. The normalized spacial score (nSPS) is 12.9. The number of hydrogen-bond donors (Lipinski definition) is 1. The minimum Gasteiger partial charge on any atom is -0.313 e. The van der Waals surface area contributed by atoms with E-state index in [1.165, 1.54) is 67.0 Å². The van der Waals surface area contributed by atoms with Crippen molar-refractivity contribution in [1.29, 1.82) is 0 Å². The van der Waals surface area contributed by atoms with Crippen LogP contribution in [0.3, 0.4) is 0 Å². The molecule has 1 aromatic carbocycles. The fourth-order valence-electron chi connectivity index (χ4n) is 3.05. The molecule has 0 aliphatic heterocycles. The molecule has 0 bridgehead atoms. The number of rotatable bonds is 10. The van der Waals surface area contributed by atoms with Gasteiger partial charge in [-0.1, -0.05) is 70.1 Å². The maximum atomic E-state index is 3.52. The van der Waals surface area contributed by atoms with Crippen molar-refractivity contribution in [2.75, 3.05) is 7.05 Å². The first kappa shape index (κ1) is 16.5. The van der Waals surface area contributed by atoms with E-state index in [9.17, 15) is 0 Å². The molecule has 2 rings (SSSR count). The summed E-state index contributed by atoms with van der Waals surface area (Å²) in [4.78, 5) is 0. The monoisotopic (exact) mass is 303 g/mol. The molecule has 2 aromatic rings. The highest BCUT2D eigenvalue weighted by Crippen LogP contribution is 2.31. The molecule has 0 aliphatic carbocycles. The summed E-state index contributed by atoms with van der Waals surface area (Å²) in [6.45, 7) is 2.28. The molecule has 1 heterocycles. The Morgan fingerprint density at radius 2 is 1.76 bits per heavy atom. The number of nitrogens with one attached hydrogen (secondary N) is 1. The molecule has 0 fully saturated rings. The highest BCUT2D eigenvalue weighted by atomic mass is 32.1. The van der Waals surface area contributed by atoms with Crippen molar-refractivity contribution in [2.45, 2.75) is 64.3 Å². The largest absolute Gasteiger partial charge is 0.313 e. The second-order valence-corrected chi connectivity index (χ2v) is 6.85. The second-order valence-electron chi connectivity index (χ2n) is 5.94. The number of benzene rings is 1. The van der Waals surface area contributed by atoms with Crippen LogP contribution in [0.1, 0.15) is 69.9 Å². The molecule has 0 aliphatic rings. The summed E-state index contributed by atoms with van der Waals surface area (Å²) in [7, 11) is 2.10. The Bertz CT molecular complexity index is 517. The van der Waals surface area contributed by atoms with Crippen LogP contribution in [0.2, 0.25) is 0 Å². The van der Waals surface area contributed by atoms with E-state index in [0.29, 0.717) is 6.04 Å². The van der Waals surface area contributed by atoms with E-state index < -0.39 is 0 Å². The summed E-state index contributed by atoms with van der Waals surface area (Å²) >= 11 is 1.87. The first-order valence-corrected chi connectivity index (χ1v) is 9.38. The smallest absolute Gasteiger partial charge is 0.0390 e. The Kier molecular flexibility index (Phi) is 7.25. The standard InChI is InChI=1S/C19H29NS/c1-3-4-5-6-7-8-9-13-18(20-2)17-12-10-11-16-14-15-21-19(16)17/h10-12,14-15,18,20H,3-9,13H2,1-2H3. The molecular weight excluding hydrogens is 274 g/mol. The van der Waals surface area contributed by atoms with Crippen molar-refractivity contribution in [2.24, 2.45) is 0 Å². The topological polar surface area (TPSA) is 12.0 Å². The zero-order valence-electron chi connectivity index (χ0n) is 13.5. The van der Waals surface area contributed by atoms with E-state index in [0.717, 1.165) is 0 Å². The maximum absolute atomic E-state index is 3.52. The number of fused-ring (bicyclic) bond motifs is 1. The van der Waals surface area contributed by atoms with E-state index in [2.05, 4.69) is 48.9 Å². The van der Waals surface area contributed by atoms with E-state index in [1.807, 2.05) is 11.3 Å². The van der Waals surface area contributed by atoms with E-state index in [-0.39, 0.29) is 0 Å². The van der Waals surface area contributed by atoms with Crippen LogP contribution in [0.5, 0.6) is 0 Å². The number of unbranched alkanes of at least 4 members (excludes halogenated alkanes) is 6. The van der Waals surface area contributed by atoms with Crippen molar-refractivity contribution < 1.29 is 0 Å². The predicted molar refractivity (Wildman–Crippen MR) is 96.2 cm³/mol. The summed E-state index contributed by atoms with van der Waals surface area (Å²) in [5, 5.41) is 7.11. The quantitative estimate of drug-likeness (QED) is 0.508. The second kappa shape index (κ2) is 9.22. The van der Waals surface area contributed by atoms with Gasteiger partial charge >= 0.3 is 0 Å². The third kappa shape index (κ3) is 4.82. The van der Waals surface area contributed by atoms with Crippen molar-refractivity contribution in [1.82, 2.24) is 5.32 Å². The van der Waals surface area contributed by atoms with Crippen molar-refractivity contribution in [3.63, 3.8) is 0 Å². The van der Waals surface area contributed by atoms with Gasteiger partial charge in [-0.2, -0.15) is 0 Å². The average Bonchev–Trinajstić information content (AvgIpc) is 2.99. The molecule has 1 atom stereocenters. The van der Waals surface area contributed by atoms with Crippen LogP contribution >= 0.6 is 11.3 Å². The maximum Gasteiger partial charge on any atom is 0.0390 e. The number of hydrogen-bond acceptors (Lipinski definition) is 2. The first-order chi connectivity index (χ1) is 10.4. The fourth-order valence-corrected chi connectivity index (χ4v) is 4.02. The molecule has 0 saturated carbocycles. The van der Waals surface area contributed by atoms with E-state index in [1.54, 1.807) is 0 Å². The minimum atomic E-state index is 0.503. The highest BCUT2D eigenvalue weighted by molar-refractivity contribution is 7.17. The molecule has 1 N–H and O–H groups in total. The van der Waals surface area contributed by atoms with Crippen LogP contribution in [0.25, 0.3) is 10.1 Å². The molecule has 0 amide bonds. The first-order valence-electron chi connectivity index (χ1n) is 8.50. The number of thiophene rings is 1. The lowest BCUT2D eigenvalue weighted by Gasteiger charge is -2.17. The molecular formula is C19H29NS. The van der Waals surface area contributed by atoms with Crippen molar-refractivity contribution >= 4 is 21.4 Å². The van der Waals surface area contributed by atoms with Gasteiger partial charge in [0.15, 0.2) is 0 Å². The Hall–Kier alpha value is -0.860. The molecule has 2 heteroatoms. The van der Waals surface area contributed by atoms with Gasteiger partial charge in [-0.15, -0.1) is 11.3 Å². The Labute approximate surface area is 133 Å². The summed E-state index contributed by atoms with van der Waals surface area (Å²) in [6.07, 6.45) is 10.9. The van der Waals surface area contributed by atoms with Gasteiger partial charge in [0.25, 0.3) is 0 Å². The fraction of sp³-hybridized carbons (Fsp3) is 0.579. The highest BCUT2D eigenvalue weighted by Gasteiger charge is 2.12. The van der Waals surface area contributed by atoms with Crippen LogP contribution in [0, 0.1) is 0 Å². The summed E-state index contributed by atoms with van der Waals surface area (Å²) in [5.74, 6) is 0. The SMILES string of the molecule is CCCCCCCCCC(NC)c1cccc2ccsc12. The van der Waals surface area contributed by atoms with Crippen molar-refractivity contribution in [3.05, 3.63) is 35.2 Å². The lowest BCUT2D eigenvalue weighted by molar-refractivity contribution is 0.498. The van der Waals surface area contributed by atoms with Gasteiger partial charge in [0.1, 0.15) is 0 Å². The molecule has 1 aromatic heterocycles. The van der Waals surface area contributed by atoms with Gasteiger partial charge in [-0.25, -0.2) is 0 Å².